The summed E-state index contributed by atoms with van der Waals surface area (Å²) in [5.41, 5.74) is 2.21. The van der Waals surface area contributed by atoms with E-state index in [1.807, 2.05) is 30.1 Å². The number of imidazole rings is 1. The van der Waals surface area contributed by atoms with Crippen LogP contribution >= 0.6 is 0 Å². The number of carbonyl (C=O) groups is 1. The third kappa shape index (κ3) is 4.12. The van der Waals surface area contributed by atoms with Gasteiger partial charge in [-0.3, -0.25) is 4.79 Å². The maximum Gasteiger partial charge on any atom is 0.323 e. The Labute approximate surface area is 148 Å². The number of aromatic nitrogens is 2. The monoisotopic (exact) mass is 344 g/mol. The van der Waals surface area contributed by atoms with Gasteiger partial charge < -0.3 is 19.8 Å². The summed E-state index contributed by atoms with van der Waals surface area (Å²) in [6.45, 7) is 7.60. The second kappa shape index (κ2) is 7.44. The Bertz CT molecular complexity index is 786. The van der Waals surface area contributed by atoms with Crippen molar-refractivity contribution in [1.82, 2.24) is 19.8 Å². The molecule has 2 heterocycles. The van der Waals surface area contributed by atoms with E-state index in [1.54, 1.807) is 0 Å². The first-order chi connectivity index (χ1) is 11.9. The van der Waals surface area contributed by atoms with Crippen LogP contribution in [0.5, 0.6) is 0 Å². The molecule has 6 nitrogen and oxygen atoms in total. The number of aromatic amines is 2. The number of nitrogens with one attached hydrogen (secondary N) is 2. The molecule has 0 bridgehead atoms. The van der Waals surface area contributed by atoms with Gasteiger partial charge in [0.15, 0.2) is 0 Å². The zero-order valence-corrected chi connectivity index (χ0v) is 15.3. The highest BCUT2D eigenvalue weighted by atomic mass is 16.2. The van der Waals surface area contributed by atoms with Gasteiger partial charge in [0.05, 0.1) is 17.5 Å². The molecule has 1 fully saturated rings. The first-order valence-corrected chi connectivity index (χ1v) is 9.13. The summed E-state index contributed by atoms with van der Waals surface area (Å²) >= 11 is 0. The average molecular weight is 344 g/mol. The Morgan fingerprint density at radius 3 is 2.56 bits per heavy atom. The SMILES string of the molecule is CC(C)[C@@H](CN1CCCC1)N(C)C(=O)Cc1ccc2[nH]c(=O)[nH]c2c1. The Morgan fingerprint density at radius 2 is 1.88 bits per heavy atom. The van der Waals surface area contributed by atoms with Crippen molar-refractivity contribution < 1.29 is 4.79 Å². The Kier molecular flexibility index (Phi) is 5.27. The highest BCUT2D eigenvalue weighted by Crippen LogP contribution is 2.17. The number of hydrogen-bond donors (Lipinski definition) is 2. The van der Waals surface area contributed by atoms with Gasteiger partial charge in [0.1, 0.15) is 0 Å². The summed E-state index contributed by atoms with van der Waals surface area (Å²) in [5.74, 6) is 0.535. The van der Waals surface area contributed by atoms with Gasteiger partial charge >= 0.3 is 5.69 Å². The van der Waals surface area contributed by atoms with E-state index in [0.717, 1.165) is 36.2 Å². The lowest BCUT2D eigenvalue weighted by Gasteiger charge is -2.34. The summed E-state index contributed by atoms with van der Waals surface area (Å²) in [5, 5.41) is 0. The molecule has 3 rings (SSSR count). The van der Waals surface area contributed by atoms with Crippen LogP contribution in [0.2, 0.25) is 0 Å². The molecule has 1 aliphatic heterocycles. The lowest BCUT2D eigenvalue weighted by atomic mass is 10.0. The topological polar surface area (TPSA) is 72.2 Å². The van der Waals surface area contributed by atoms with Crippen LogP contribution in [-0.4, -0.2) is 58.4 Å². The minimum absolute atomic E-state index is 0.120. The Balaban J connectivity index is 1.69. The largest absolute Gasteiger partial charge is 0.341 e. The van der Waals surface area contributed by atoms with E-state index in [1.165, 1.54) is 12.8 Å². The van der Waals surface area contributed by atoms with E-state index in [9.17, 15) is 9.59 Å². The zero-order chi connectivity index (χ0) is 18.0. The van der Waals surface area contributed by atoms with Crippen molar-refractivity contribution in [2.75, 3.05) is 26.7 Å². The van der Waals surface area contributed by atoms with Crippen molar-refractivity contribution in [3.8, 4) is 0 Å². The van der Waals surface area contributed by atoms with Crippen molar-refractivity contribution in [1.29, 1.82) is 0 Å². The molecule has 136 valence electrons. The molecule has 1 saturated heterocycles. The third-order valence-electron chi connectivity index (χ3n) is 5.24. The number of hydrogen-bond acceptors (Lipinski definition) is 3. The van der Waals surface area contributed by atoms with Crippen molar-refractivity contribution >= 4 is 16.9 Å². The standard InChI is InChI=1S/C19H28N4O2/c1-13(2)17(12-23-8-4-5-9-23)22(3)18(24)11-14-6-7-15-16(10-14)21-19(25)20-15/h6-7,10,13,17H,4-5,8-9,11-12H2,1-3H3,(H2,20,21,25)/t17-/m1/s1. The fourth-order valence-electron chi connectivity index (χ4n) is 3.68. The van der Waals surface area contributed by atoms with Gasteiger partial charge in [0.2, 0.25) is 5.91 Å². The fraction of sp³-hybridized carbons (Fsp3) is 0.579. The number of benzene rings is 1. The second-order valence-electron chi connectivity index (χ2n) is 7.46. The summed E-state index contributed by atoms with van der Waals surface area (Å²) in [7, 11) is 1.92. The summed E-state index contributed by atoms with van der Waals surface area (Å²) in [6.07, 6.45) is 2.87. The quantitative estimate of drug-likeness (QED) is 0.842. The number of fused-ring (bicyclic) bond motifs is 1. The number of rotatable bonds is 6. The second-order valence-corrected chi connectivity index (χ2v) is 7.46. The molecule has 2 N–H and O–H groups in total. The fourth-order valence-corrected chi connectivity index (χ4v) is 3.68. The van der Waals surface area contributed by atoms with Crippen molar-refractivity contribution in [2.45, 2.75) is 39.2 Å². The minimum atomic E-state index is -0.221. The van der Waals surface area contributed by atoms with Gasteiger partial charge in [-0.1, -0.05) is 19.9 Å². The number of nitrogens with zero attached hydrogens (tertiary/aromatic N) is 2. The molecule has 1 atom stereocenters. The van der Waals surface area contributed by atoms with Crippen LogP contribution in [0.4, 0.5) is 0 Å². The lowest BCUT2D eigenvalue weighted by Crippen LogP contribution is -2.47. The molecular weight excluding hydrogens is 316 g/mol. The first-order valence-electron chi connectivity index (χ1n) is 9.13. The van der Waals surface area contributed by atoms with Gasteiger partial charge in [-0.25, -0.2) is 4.79 Å². The number of likely N-dealkylation sites (tertiary alicyclic amines) is 1. The highest BCUT2D eigenvalue weighted by molar-refractivity contribution is 5.81. The van der Waals surface area contributed by atoms with E-state index >= 15 is 0 Å². The van der Waals surface area contributed by atoms with Gasteiger partial charge in [0, 0.05) is 19.6 Å². The molecule has 2 aromatic rings. The van der Waals surface area contributed by atoms with Gasteiger partial charge in [-0.05, 0) is 49.5 Å². The van der Waals surface area contributed by atoms with E-state index in [0.29, 0.717) is 12.3 Å². The molecule has 1 aromatic heterocycles. The van der Waals surface area contributed by atoms with Crippen LogP contribution in [0, 0.1) is 5.92 Å². The van der Waals surface area contributed by atoms with Crippen LogP contribution in [0.25, 0.3) is 11.0 Å². The number of carbonyl (C=O) groups excluding carboxylic acids is 1. The van der Waals surface area contributed by atoms with Crippen LogP contribution in [0.15, 0.2) is 23.0 Å². The molecule has 0 aliphatic carbocycles. The number of likely N-dealkylation sites (N-methyl/N-ethyl adjacent to an activating group) is 1. The Morgan fingerprint density at radius 1 is 1.20 bits per heavy atom. The Hall–Kier alpha value is -2.08. The van der Waals surface area contributed by atoms with E-state index in [2.05, 4.69) is 28.7 Å². The maximum absolute atomic E-state index is 12.8. The molecule has 0 spiro atoms. The average Bonchev–Trinajstić information content (AvgIpc) is 3.19. The van der Waals surface area contributed by atoms with Crippen LogP contribution in [0.3, 0.4) is 0 Å². The molecule has 0 unspecified atom stereocenters. The lowest BCUT2D eigenvalue weighted by molar-refractivity contribution is -0.132. The van der Waals surface area contributed by atoms with Gasteiger partial charge in [0.25, 0.3) is 0 Å². The van der Waals surface area contributed by atoms with E-state index in [-0.39, 0.29) is 17.6 Å². The van der Waals surface area contributed by atoms with Crippen LogP contribution < -0.4 is 5.69 Å². The normalized spacial score (nSPS) is 16.6. The predicted octanol–water partition coefficient (Wildman–Crippen LogP) is 1.98. The summed E-state index contributed by atoms with van der Waals surface area (Å²) in [4.78, 5) is 34.0. The molecule has 1 aromatic carbocycles. The van der Waals surface area contributed by atoms with Crippen molar-refractivity contribution in [3.05, 3.63) is 34.2 Å². The molecule has 1 amide bonds. The minimum Gasteiger partial charge on any atom is -0.341 e. The van der Waals surface area contributed by atoms with Crippen LogP contribution in [-0.2, 0) is 11.2 Å². The smallest absolute Gasteiger partial charge is 0.323 e. The molecule has 25 heavy (non-hydrogen) atoms. The van der Waals surface area contributed by atoms with E-state index < -0.39 is 0 Å². The molecule has 0 saturated carbocycles. The number of amides is 1. The molecular formula is C19H28N4O2. The van der Waals surface area contributed by atoms with Gasteiger partial charge in [-0.15, -0.1) is 0 Å². The van der Waals surface area contributed by atoms with Crippen molar-refractivity contribution in [3.63, 3.8) is 0 Å². The van der Waals surface area contributed by atoms with Crippen molar-refractivity contribution in [2.24, 2.45) is 5.92 Å². The third-order valence-corrected chi connectivity index (χ3v) is 5.24. The predicted molar refractivity (Wildman–Crippen MR) is 99.7 cm³/mol. The van der Waals surface area contributed by atoms with E-state index in [4.69, 9.17) is 0 Å². The maximum atomic E-state index is 12.8. The highest BCUT2D eigenvalue weighted by Gasteiger charge is 2.26. The van der Waals surface area contributed by atoms with Crippen LogP contribution in [0.1, 0.15) is 32.3 Å². The van der Waals surface area contributed by atoms with Gasteiger partial charge in [-0.2, -0.15) is 0 Å². The number of H-pyrrole nitrogens is 2. The molecule has 1 aliphatic rings. The summed E-state index contributed by atoms with van der Waals surface area (Å²) < 4.78 is 0. The summed E-state index contributed by atoms with van der Waals surface area (Å²) in [6, 6.07) is 5.85. The zero-order valence-electron chi connectivity index (χ0n) is 15.3. The first kappa shape index (κ1) is 17.7. The molecule has 6 heteroatoms. The molecule has 0 radical (unpaired) electrons.